The van der Waals surface area contributed by atoms with Gasteiger partial charge in [-0.3, -0.25) is 5.43 Å². The Morgan fingerprint density at radius 1 is 1.00 bits per heavy atom. The summed E-state index contributed by atoms with van der Waals surface area (Å²) in [4.78, 5) is 8.89. The first-order valence-electron chi connectivity index (χ1n) is 8.00. The Labute approximate surface area is 147 Å². The molecule has 0 bridgehead atoms. The lowest BCUT2D eigenvalue weighted by molar-refractivity contribution is 0.416. The molecule has 0 aliphatic heterocycles. The molecule has 1 N–H and O–H groups in total. The predicted octanol–water partition coefficient (Wildman–Crippen LogP) is 4.22. The second-order valence-electron chi connectivity index (χ2n) is 5.67. The lowest BCUT2D eigenvalue weighted by Gasteiger charge is -2.09. The van der Waals surface area contributed by atoms with Crippen LogP contribution in [0.1, 0.15) is 17.0 Å². The lowest BCUT2D eigenvalue weighted by Crippen LogP contribution is -1.99. The van der Waals surface area contributed by atoms with Crippen LogP contribution in [0.4, 0.5) is 5.82 Å². The second kappa shape index (κ2) is 7.57. The second-order valence-corrected chi connectivity index (χ2v) is 5.67. The number of aryl methyl sites for hydroxylation is 2. The summed E-state index contributed by atoms with van der Waals surface area (Å²) in [5.74, 6) is 2.07. The number of hydrazone groups is 1. The minimum absolute atomic E-state index is 0.636. The van der Waals surface area contributed by atoms with Gasteiger partial charge in [0.15, 0.2) is 0 Å². The van der Waals surface area contributed by atoms with Gasteiger partial charge in [0.1, 0.15) is 17.4 Å². The van der Waals surface area contributed by atoms with Crippen molar-refractivity contribution in [3.63, 3.8) is 0 Å². The molecule has 25 heavy (non-hydrogen) atoms. The van der Waals surface area contributed by atoms with E-state index in [0.29, 0.717) is 11.6 Å². The highest BCUT2D eigenvalue weighted by Crippen LogP contribution is 2.29. The topological polar surface area (TPSA) is 59.4 Å². The minimum atomic E-state index is 0.636. The van der Waals surface area contributed by atoms with Crippen LogP contribution < -0.4 is 10.2 Å². The maximum absolute atomic E-state index is 5.42. The van der Waals surface area contributed by atoms with Crippen LogP contribution in [0.5, 0.6) is 5.75 Å². The number of ether oxygens (including phenoxy) is 1. The van der Waals surface area contributed by atoms with Gasteiger partial charge in [-0.25, -0.2) is 9.97 Å². The Kier molecular flexibility index (Phi) is 5.04. The van der Waals surface area contributed by atoms with Crippen molar-refractivity contribution >= 4 is 12.0 Å². The number of anilines is 1. The van der Waals surface area contributed by atoms with Crippen LogP contribution in [-0.4, -0.2) is 23.3 Å². The van der Waals surface area contributed by atoms with E-state index in [1.807, 2.05) is 49.4 Å². The van der Waals surface area contributed by atoms with Gasteiger partial charge in [-0.15, -0.1) is 0 Å². The average Bonchev–Trinajstić information content (AvgIpc) is 2.63. The molecular formula is C20H20N4O. The van der Waals surface area contributed by atoms with E-state index in [2.05, 4.69) is 39.6 Å². The van der Waals surface area contributed by atoms with Crippen LogP contribution in [-0.2, 0) is 0 Å². The van der Waals surface area contributed by atoms with Crippen molar-refractivity contribution < 1.29 is 4.74 Å². The number of nitrogens with zero attached hydrogens (tertiary/aromatic N) is 3. The van der Waals surface area contributed by atoms with Crippen molar-refractivity contribution in [3.8, 4) is 17.0 Å². The van der Waals surface area contributed by atoms with Crippen LogP contribution >= 0.6 is 0 Å². The number of rotatable bonds is 5. The van der Waals surface area contributed by atoms with Crippen LogP contribution in [0, 0.1) is 13.8 Å². The van der Waals surface area contributed by atoms with Gasteiger partial charge < -0.3 is 4.74 Å². The summed E-state index contributed by atoms with van der Waals surface area (Å²) in [5.41, 5.74) is 6.92. The van der Waals surface area contributed by atoms with Crippen molar-refractivity contribution in [2.24, 2.45) is 5.10 Å². The van der Waals surface area contributed by atoms with E-state index in [0.717, 1.165) is 22.6 Å². The Hall–Kier alpha value is -3.21. The predicted molar refractivity (Wildman–Crippen MR) is 101 cm³/mol. The van der Waals surface area contributed by atoms with E-state index in [9.17, 15) is 0 Å². The lowest BCUT2D eigenvalue weighted by atomic mass is 10.1. The number of para-hydroxylation sites is 1. The molecule has 2 aromatic carbocycles. The molecule has 0 fully saturated rings. The third-order valence-electron chi connectivity index (χ3n) is 3.69. The standard InChI is InChI=1S/C20H20N4O/c1-14-8-10-16(11-9-14)13-21-24-20-12-18(22-15(2)23-20)17-6-4-5-7-19(17)25-3/h4-13H,1-3H3,(H,22,23,24)/b21-13+. The van der Waals surface area contributed by atoms with E-state index < -0.39 is 0 Å². The number of hydrogen-bond acceptors (Lipinski definition) is 5. The van der Waals surface area contributed by atoms with Gasteiger partial charge in [0.2, 0.25) is 0 Å². The molecule has 3 aromatic rings. The molecule has 5 nitrogen and oxygen atoms in total. The van der Waals surface area contributed by atoms with Crippen molar-refractivity contribution in [1.29, 1.82) is 0 Å². The summed E-state index contributed by atoms with van der Waals surface area (Å²) >= 11 is 0. The van der Waals surface area contributed by atoms with Crippen molar-refractivity contribution in [3.05, 3.63) is 71.5 Å². The zero-order chi connectivity index (χ0) is 17.6. The Bertz CT molecular complexity index is 888. The Balaban J connectivity index is 1.83. The molecule has 0 aliphatic rings. The minimum Gasteiger partial charge on any atom is -0.496 e. The molecule has 0 amide bonds. The van der Waals surface area contributed by atoms with E-state index in [-0.39, 0.29) is 0 Å². The van der Waals surface area contributed by atoms with Crippen LogP contribution in [0.3, 0.4) is 0 Å². The Morgan fingerprint density at radius 3 is 2.52 bits per heavy atom. The maximum Gasteiger partial charge on any atom is 0.150 e. The Morgan fingerprint density at radius 2 is 1.76 bits per heavy atom. The van der Waals surface area contributed by atoms with Gasteiger partial charge in [0, 0.05) is 11.6 Å². The van der Waals surface area contributed by atoms with Crippen molar-refractivity contribution in [1.82, 2.24) is 9.97 Å². The maximum atomic E-state index is 5.42. The van der Waals surface area contributed by atoms with E-state index in [1.165, 1.54) is 5.56 Å². The molecule has 0 spiro atoms. The van der Waals surface area contributed by atoms with Gasteiger partial charge in [-0.2, -0.15) is 5.10 Å². The summed E-state index contributed by atoms with van der Waals surface area (Å²) in [7, 11) is 1.65. The van der Waals surface area contributed by atoms with E-state index >= 15 is 0 Å². The molecule has 126 valence electrons. The quantitative estimate of drug-likeness (QED) is 0.561. The normalized spacial score (nSPS) is 10.8. The molecule has 0 radical (unpaired) electrons. The highest BCUT2D eigenvalue weighted by Gasteiger charge is 2.09. The van der Waals surface area contributed by atoms with Crippen molar-refractivity contribution in [2.75, 3.05) is 12.5 Å². The third kappa shape index (κ3) is 4.20. The first-order valence-corrected chi connectivity index (χ1v) is 8.00. The third-order valence-corrected chi connectivity index (χ3v) is 3.69. The summed E-state index contributed by atoms with van der Waals surface area (Å²) in [6, 6.07) is 17.8. The number of benzene rings is 2. The average molecular weight is 332 g/mol. The molecule has 5 heteroatoms. The molecular weight excluding hydrogens is 312 g/mol. The largest absolute Gasteiger partial charge is 0.496 e. The fourth-order valence-electron chi connectivity index (χ4n) is 2.44. The summed E-state index contributed by atoms with van der Waals surface area (Å²) in [6.07, 6.45) is 1.76. The van der Waals surface area contributed by atoms with Crippen LogP contribution in [0.25, 0.3) is 11.3 Å². The SMILES string of the molecule is COc1ccccc1-c1cc(N/N=C/c2ccc(C)cc2)nc(C)n1. The molecule has 0 aliphatic carbocycles. The van der Waals surface area contributed by atoms with Crippen LogP contribution in [0.15, 0.2) is 59.7 Å². The first kappa shape index (κ1) is 16.6. The van der Waals surface area contributed by atoms with Gasteiger partial charge in [-0.05, 0) is 31.5 Å². The van der Waals surface area contributed by atoms with Crippen LogP contribution in [0.2, 0.25) is 0 Å². The molecule has 3 rings (SSSR count). The fourth-order valence-corrected chi connectivity index (χ4v) is 2.44. The summed E-state index contributed by atoms with van der Waals surface area (Å²) in [5, 5.41) is 4.26. The van der Waals surface area contributed by atoms with E-state index in [4.69, 9.17) is 4.74 Å². The fraction of sp³-hybridized carbons (Fsp3) is 0.150. The number of nitrogens with one attached hydrogen (secondary N) is 1. The number of hydrogen-bond donors (Lipinski definition) is 1. The molecule has 1 aromatic heterocycles. The monoisotopic (exact) mass is 332 g/mol. The van der Waals surface area contributed by atoms with Gasteiger partial charge >= 0.3 is 0 Å². The molecule has 0 saturated carbocycles. The summed E-state index contributed by atoms with van der Waals surface area (Å²) in [6.45, 7) is 3.91. The highest BCUT2D eigenvalue weighted by molar-refractivity contribution is 5.80. The zero-order valence-corrected chi connectivity index (χ0v) is 14.5. The highest BCUT2D eigenvalue weighted by atomic mass is 16.5. The van der Waals surface area contributed by atoms with Gasteiger partial charge in [-0.1, -0.05) is 42.0 Å². The van der Waals surface area contributed by atoms with Gasteiger partial charge in [0.05, 0.1) is 19.0 Å². The van der Waals surface area contributed by atoms with Gasteiger partial charge in [0.25, 0.3) is 0 Å². The first-order chi connectivity index (χ1) is 12.2. The number of aromatic nitrogens is 2. The van der Waals surface area contributed by atoms with Crippen molar-refractivity contribution in [2.45, 2.75) is 13.8 Å². The molecule has 1 heterocycles. The molecule has 0 atom stereocenters. The molecule has 0 saturated heterocycles. The zero-order valence-electron chi connectivity index (χ0n) is 14.5. The number of methoxy groups -OCH3 is 1. The smallest absolute Gasteiger partial charge is 0.150 e. The van der Waals surface area contributed by atoms with E-state index in [1.54, 1.807) is 13.3 Å². The molecule has 0 unspecified atom stereocenters. The summed E-state index contributed by atoms with van der Waals surface area (Å²) < 4.78 is 5.42.